The monoisotopic (exact) mass is 320 g/mol. The molecule has 98 valence electrons. The second-order valence-electron chi connectivity index (χ2n) is 4.95. The molecule has 0 saturated heterocycles. The summed E-state index contributed by atoms with van der Waals surface area (Å²) in [4.78, 5) is 11.3. The van der Waals surface area contributed by atoms with Crippen molar-refractivity contribution in [2.45, 2.75) is 25.2 Å². The predicted octanol–water partition coefficient (Wildman–Crippen LogP) is 3.06. The van der Waals surface area contributed by atoms with Crippen LogP contribution in [-0.2, 0) is 10.2 Å². The lowest BCUT2D eigenvalue weighted by molar-refractivity contribution is -0.140. The molecule has 4 nitrogen and oxygen atoms in total. The highest BCUT2D eigenvalue weighted by Gasteiger charge is 2.53. The van der Waals surface area contributed by atoms with Gasteiger partial charge in [0.2, 0.25) is 0 Å². The maximum Gasteiger partial charge on any atom is 0.315 e. The number of hydrogen-bond donors (Lipinski definition) is 1. The lowest BCUT2D eigenvalue weighted by Crippen LogP contribution is -2.20. The van der Waals surface area contributed by atoms with E-state index in [0.29, 0.717) is 18.5 Å². The summed E-state index contributed by atoms with van der Waals surface area (Å²) < 4.78 is 2.80. The minimum absolute atomic E-state index is 0.667. The van der Waals surface area contributed by atoms with E-state index in [0.717, 1.165) is 15.9 Å². The molecule has 1 saturated carbocycles. The van der Waals surface area contributed by atoms with Crippen molar-refractivity contribution in [2.24, 2.45) is 0 Å². The van der Waals surface area contributed by atoms with Gasteiger partial charge in [-0.1, -0.05) is 15.9 Å². The highest BCUT2D eigenvalue weighted by atomic mass is 79.9. The van der Waals surface area contributed by atoms with Crippen LogP contribution in [0.25, 0.3) is 5.69 Å². The Hall–Kier alpha value is -1.62. The molecule has 0 aliphatic heterocycles. The fraction of sp³-hybridized carbons (Fsp3) is 0.286. The predicted molar refractivity (Wildman–Crippen MR) is 74.5 cm³/mol. The minimum Gasteiger partial charge on any atom is -0.481 e. The molecule has 0 spiro atoms. The first-order valence-corrected chi connectivity index (χ1v) is 6.89. The lowest BCUT2D eigenvalue weighted by atomic mass is 10.0. The Labute approximate surface area is 119 Å². The van der Waals surface area contributed by atoms with Crippen LogP contribution in [0.4, 0.5) is 0 Å². The van der Waals surface area contributed by atoms with Crippen molar-refractivity contribution in [1.29, 1.82) is 0 Å². The zero-order valence-corrected chi connectivity index (χ0v) is 12.0. The second kappa shape index (κ2) is 4.20. The number of halogens is 1. The van der Waals surface area contributed by atoms with Crippen LogP contribution in [0.15, 0.2) is 34.8 Å². The van der Waals surface area contributed by atoms with E-state index < -0.39 is 11.4 Å². The molecule has 19 heavy (non-hydrogen) atoms. The maximum atomic E-state index is 11.3. The van der Waals surface area contributed by atoms with Crippen LogP contribution in [0.3, 0.4) is 0 Å². The van der Waals surface area contributed by atoms with E-state index in [1.165, 1.54) is 0 Å². The number of carboxylic acid groups (broad SMARTS) is 1. The van der Waals surface area contributed by atoms with Crippen molar-refractivity contribution in [3.8, 4) is 5.69 Å². The van der Waals surface area contributed by atoms with Gasteiger partial charge in [0.05, 0.1) is 11.4 Å². The number of nitrogens with zero attached hydrogens (tertiary/aromatic N) is 2. The average molecular weight is 321 g/mol. The fourth-order valence-corrected chi connectivity index (χ4v) is 2.52. The number of aliphatic carboxylic acids is 1. The van der Waals surface area contributed by atoms with Crippen LogP contribution in [0.2, 0.25) is 0 Å². The molecular formula is C14H13BrN2O2. The quantitative estimate of drug-likeness (QED) is 0.945. The van der Waals surface area contributed by atoms with Crippen LogP contribution in [0.5, 0.6) is 0 Å². The standard InChI is InChI=1S/C14H13BrN2O2/c1-9-8-12(14(6-7-14)13(18)19)16-17(9)11-4-2-10(15)3-5-11/h2-5,8H,6-7H2,1H3,(H,18,19). The van der Waals surface area contributed by atoms with Crippen LogP contribution < -0.4 is 0 Å². The molecule has 1 aromatic carbocycles. The molecular weight excluding hydrogens is 308 g/mol. The largest absolute Gasteiger partial charge is 0.481 e. The van der Waals surface area contributed by atoms with E-state index in [2.05, 4.69) is 21.0 Å². The topological polar surface area (TPSA) is 55.1 Å². The van der Waals surface area contributed by atoms with Gasteiger partial charge in [-0.05, 0) is 50.1 Å². The Balaban J connectivity index is 2.03. The lowest BCUT2D eigenvalue weighted by Gasteiger charge is -2.06. The summed E-state index contributed by atoms with van der Waals surface area (Å²) in [7, 11) is 0. The van der Waals surface area contributed by atoms with Crippen molar-refractivity contribution < 1.29 is 9.90 Å². The summed E-state index contributed by atoms with van der Waals surface area (Å²) >= 11 is 3.40. The van der Waals surface area contributed by atoms with Gasteiger partial charge in [0.1, 0.15) is 5.41 Å². The molecule has 1 aliphatic rings. The summed E-state index contributed by atoms with van der Waals surface area (Å²) in [6, 6.07) is 9.67. The highest BCUT2D eigenvalue weighted by molar-refractivity contribution is 9.10. The Morgan fingerprint density at radius 3 is 2.53 bits per heavy atom. The van der Waals surface area contributed by atoms with Gasteiger partial charge >= 0.3 is 5.97 Å². The molecule has 1 N–H and O–H groups in total. The van der Waals surface area contributed by atoms with Gasteiger partial charge in [0.15, 0.2) is 0 Å². The van der Waals surface area contributed by atoms with E-state index in [-0.39, 0.29) is 0 Å². The number of carbonyl (C=O) groups is 1. The molecule has 0 bridgehead atoms. The van der Waals surface area contributed by atoms with Gasteiger partial charge in [0.25, 0.3) is 0 Å². The van der Waals surface area contributed by atoms with Gasteiger partial charge in [-0.25, -0.2) is 4.68 Å². The third-order valence-electron chi connectivity index (χ3n) is 3.61. The first-order chi connectivity index (χ1) is 9.03. The molecule has 5 heteroatoms. The second-order valence-corrected chi connectivity index (χ2v) is 5.86. The van der Waals surface area contributed by atoms with E-state index in [1.807, 2.05) is 37.3 Å². The van der Waals surface area contributed by atoms with Crippen LogP contribution in [0.1, 0.15) is 24.2 Å². The third-order valence-corrected chi connectivity index (χ3v) is 4.14. The summed E-state index contributed by atoms with van der Waals surface area (Å²) in [6.07, 6.45) is 1.36. The summed E-state index contributed by atoms with van der Waals surface area (Å²) in [5, 5.41) is 13.8. The van der Waals surface area contributed by atoms with Crippen molar-refractivity contribution in [2.75, 3.05) is 0 Å². The van der Waals surface area contributed by atoms with Gasteiger partial charge in [-0.3, -0.25) is 4.79 Å². The maximum absolute atomic E-state index is 11.3. The zero-order chi connectivity index (χ0) is 13.6. The minimum atomic E-state index is -0.770. The van der Waals surface area contributed by atoms with Crippen molar-refractivity contribution in [1.82, 2.24) is 9.78 Å². The molecule has 0 amide bonds. The zero-order valence-electron chi connectivity index (χ0n) is 10.4. The van der Waals surface area contributed by atoms with Crippen molar-refractivity contribution >= 4 is 21.9 Å². The molecule has 3 rings (SSSR count). The average Bonchev–Trinajstić information content (AvgIpc) is 3.10. The summed E-state index contributed by atoms with van der Waals surface area (Å²) in [5.74, 6) is -0.770. The molecule has 1 heterocycles. The number of benzene rings is 1. The SMILES string of the molecule is Cc1cc(C2(C(=O)O)CC2)nn1-c1ccc(Br)cc1. The summed E-state index contributed by atoms with van der Waals surface area (Å²) in [5.41, 5.74) is 1.81. The van der Waals surface area contributed by atoms with E-state index in [9.17, 15) is 9.90 Å². The van der Waals surface area contributed by atoms with E-state index >= 15 is 0 Å². The molecule has 0 unspecified atom stereocenters. The molecule has 2 aromatic rings. The molecule has 0 atom stereocenters. The normalized spacial score (nSPS) is 16.3. The van der Waals surface area contributed by atoms with Gasteiger partial charge < -0.3 is 5.11 Å². The van der Waals surface area contributed by atoms with Crippen LogP contribution >= 0.6 is 15.9 Å². The van der Waals surface area contributed by atoms with Crippen molar-refractivity contribution in [3.63, 3.8) is 0 Å². The number of aryl methyl sites for hydroxylation is 1. The van der Waals surface area contributed by atoms with Gasteiger partial charge in [0, 0.05) is 10.2 Å². The Morgan fingerprint density at radius 1 is 1.37 bits per heavy atom. The van der Waals surface area contributed by atoms with Gasteiger partial charge in [-0.2, -0.15) is 5.10 Å². The van der Waals surface area contributed by atoms with E-state index in [1.54, 1.807) is 4.68 Å². The first kappa shape index (κ1) is 12.4. The molecule has 0 radical (unpaired) electrons. The van der Waals surface area contributed by atoms with E-state index in [4.69, 9.17) is 0 Å². The fourth-order valence-electron chi connectivity index (χ4n) is 2.26. The van der Waals surface area contributed by atoms with Crippen molar-refractivity contribution in [3.05, 3.63) is 46.2 Å². The van der Waals surface area contributed by atoms with Crippen LogP contribution in [0, 0.1) is 6.92 Å². The number of aromatic nitrogens is 2. The Kier molecular flexibility index (Phi) is 2.74. The van der Waals surface area contributed by atoms with Crippen LogP contribution in [-0.4, -0.2) is 20.9 Å². The number of hydrogen-bond acceptors (Lipinski definition) is 2. The summed E-state index contributed by atoms with van der Waals surface area (Å²) in [6.45, 7) is 1.94. The molecule has 1 fully saturated rings. The molecule has 1 aromatic heterocycles. The number of carboxylic acids is 1. The number of rotatable bonds is 3. The first-order valence-electron chi connectivity index (χ1n) is 6.09. The third kappa shape index (κ3) is 1.98. The smallest absolute Gasteiger partial charge is 0.315 e. The Morgan fingerprint density at radius 2 is 2.00 bits per heavy atom. The molecule has 1 aliphatic carbocycles. The highest BCUT2D eigenvalue weighted by Crippen LogP contribution is 2.48. The van der Waals surface area contributed by atoms with Gasteiger partial charge in [-0.15, -0.1) is 0 Å². The Bertz CT molecular complexity index is 642.